The zero-order valence-electron chi connectivity index (χ0n) is 9.64. The Morgan fingerprint density at radius 3 is 2.17 bits per heavy atom. The maximum atomic E-state index is 13.3. The second kappa shape index (κ2) is 7.12. The van der Waals surface area contributed by atoms with Crippen LogP contribution in [0.4, 0.5) is 8.78 Å². The maximum Gasteiger partial charge on any atom is 0.133 e. The van der Waals surface area contributed by atoms with Crippen molar-refractivity contribution in [2.75, 3.05) is 0 Å². The van der Waals surface area contributed by atoms with E-state index < -0.39 is 11.6 Å². The largest absolute Gasteiger partial charge is 0.307 e. The van der Waals surface area contributed by atoms with Crippen LogP contribution in [0.25, 0.3) is 12.2 Å². The van der Waals surface area contributed by atoms with Gasteiger partial charge < -0.3 is 4.79 Å². The number of carbonyl (C=O) groups is 1. The molecule has 2 aromatic carbocycles. The van der Waals surface area contributed by atoms with Gasteiger partial charge in [-0.3, -0.25) is 0 Å². The molecule has 0 aliphatic rings. The van der Waals surface area contributed by atoms with Crippen molar-refractivity contribution in [2.45, 2.75) is 0 Å². The molecule has 0 saturated carbocycles. The van der Waals surface area contributed by atoms with Gasteiger partial charge in [-0.05, 0) is 17.7 Å². The highest BCUT2D eigenvalue weighted by atomic mass is 19.1. The summed E-state index contributed by atoms with van der Waals surface area (Å²) in [5.74, 6) is -1.11. The monoisotopic (exact) mass is 246 g/mol. The van der Waals surface area contributed by atoms with Gasteiger partial charge in [0.2, 0.25) is 0 Å². The Bertz CT molecular complexity index is 521. The van der Waals surface area contributed by atoms with Gasteiger partial charge in [-0.15, -0.1) is 0 Å². The van der Waals surface area contributed by atoms with Crippen molar-refractivity contribution in [1.29, 1.82) is 0 Å². The zero-order valence-corrected chi connectivity index (χ0v) is 9.64. The van der Waals surface area contributed by atoms with Gasteiger partial charge in [0.15, 0.2) is 0 Å². The van der Waals surface area contributed by atoms with Gasteiger partial charge in [-0.25, -0.2) is 8.78 Å². The van der Waals surface area contributed by atoms with Crippen LogP contribution in [-0.4, -0.2) is 6.79 Å². The molecule has 2 aromatic rings. The maximum absolute atomic E-state index is 13.3. The average Bonchev–Trinajstić information content (AvgIpc) is 2.41. The Balaban J connectivity index is 0.000000771. The second-order valence-electron chi connectivity index (χ2n) is 3.41. The lowest BCUT2D eigenvalue weighted by Gasteiger charge is -1.97. The Morgan fingerprint density at radius 1 is 0.889 bits per heavy atom. The van der Waals surface area contributed by atoms with Crippen molar-refractivity contribution >= 4 is 18.9 Å². The minimum Gasteiger partial charge on any atom is -0.307 e. The molecule has 0 N–H and O–H groups in total. The SMILES string of the molecule is C=O.Fc1ccc(/C=C/c2ccccc2)c(F)c1. The predicted octanol–water partition coefficient (Wildman–Crippen LogP) is 3.95. The first kappa shape index (κ1) is 13.8. The van der Waals surface area contributed by atoms with Crippen molar-refractivity contribution in [3.05, 3.63) is 71.3 Å². The molecule has 0 spiro atoms. The molecule has 0 radical (unpaired) electrons. The van der Waals surface area contributed by atoms with Gasteiger partial charge in [0, 0.05) is 11.6 Å². The number of hydrogen-bond donors (Lipinski definition) is 0. The van der Waals surface area contributed by atoms with Crippen LogP contribution in [0, 0.1) is 11.6 Å². The molecule has 1 nitrogen and oxygen atoms in total. The fraction of sp³-hybridized carbons (Fsp3) is 0. The van der Waals surface area contributed by atoms with Crippen LogP contribution in [-0.2, 0) is 4.79 Å². The normalized spacial score (nSPS) is 9.89. The summed E-state index contributed by atoms with van der Waals surface area (Å²) in [5.41, 5.74) is 1.36. The van der Waals surface area contributed by atoms with E-state index in [0.717, 1.165) is 11.6 Å². The Labute approximate surface area is 104 Å². The molecule has 0 unspecified atom stereocenters. The third-order valence-electron chi connectivity index (χ3n) is 2.22. The van der Waals surface area contributed by atoms with E-state index in [9.17, 15) is 8.78 Å². The van der Waals surface area contributed by atoms with Gasteiger partial charge in [-0.1, -0.05) is 42.5 Å². The van der Waals surface area contributed by atoms with E-state index >= 15 is 0 Å². The van der Waals surface area contributed by atoms with E-state index in [2.05, 4.69) is 0 Å². The highest BCUT2D eigenvalue weighted by Crippen LogP contribution is 2.13. The molecule has 0 aromatic heterocycles. The van der Waals surface area contributed by atoms with Crippen molar-refractivity contribution in [3.8, 4) is 0 Å². The Hall–Kier alpha value is -2.29. The number of rotatable bonds is 2. The van der Waals surface area contributed by atoms with Crippen molar-refractivity contribution in [2.24, 2.45) is 0 Å². The van der Waals surface area contributed by atoms with E-state index in [1.54, 1.807) is 12.2 Å². The quantitative estimate of drug-likeness (QED) is 0.733. The molecule has 0 aliphatic heterocycles. The molecule has 0 saturated heterocycles. The highest BCUT2D eigenvalue weighted by molar-refractivity contribution is 5.69. The molecule has 0 fully saturated rings. The van der Waals surface area contributed by atoms with Crippen LogP contribution < -0.4 is 0 Å². The Kier molecular flexibility index (Phi) is 5.45. The topological polar surface area (TPSA) is 17.1 Å². The van der Waals surface area contributed by atoms with E-state index in [-0.39, 0.29) is 0 Å². The summed E-state index contributed by atoms with van der Waals surface area (Å²) in [7, 11) is 0. The lowest BCUT2D eigenvalue weighted by molar-refractivity contribution is -0.0979. The fourth-order valence-electron chi connectivity index (χ4n) is 1.39. The van der Waals surface area contributed by atoms with Gasteiger partial charge in [-0.2, -0.15) is 0 Å². The lowest BCUT2D eigenvalue weighted by atomic mass is 10.1. The van der Waals surface area contributed by atoms with E-state index in [4.69, 9.17) is 4.79 Å². The van der Waals surface area contributed by atoms with E-state index in [1.165, 1.54) is 12.1 Å². The van der Waals surface area contributed by atoms with Crippen LogP contribution in [0.5, 0.6) is 0 Å². The predicted molar refractivity (Wildman–Crippen MR) is 68.8 cm³/mol. The molecule has 2 rings (SSSR count). The summed E-state index contributed by atoms with van der Waals surface area (Å²) in [5, 5.41) is 0. The molecule has 0 heterocycles. The third-order valence-corrected chi connectivity index (χ3v) is 2.22. The number of halogens is 2. The third kappa shape index (κ3) is 3.94. The number of hydrogen-bond acceptors (Lipinski definition) is 1. The molecule has 0 aliphatic carbocycles. The van der Waals surface area contributed by atoms with Crippen molar-refractivity contribution in [3.63, 3.8) is 0 Å². The summed E-state index contributed by atoms with van der Waals surface area (Å²) in [6.07, 6.45) is 3.42. The van der Waals surface area contributed by atoms with Crippen LogP contribution >= 0.6 is 0 Å². The Morgan fingerprint density at radius 2 is 1.56 bits per heavy atom. The summed E-state index contributed by atoms with van der Waals surface area (Å²) in [6, 6.07) is 13.1. The summed E-state index contributed by atoms with van der Waals surface area (Å²) < 4.78 is 25.9. The molecule has 18 heavy (non-hydrogen) atoms. The molecule has 3 heteroatoms. The summed E-state index contributed by atoms with van der Waals surface area (Å²) in [4.78, 5) is 8.00. The van der Waals surface area contributed by atoms with E-state index in [0.29, 0.717) is 5.56 Å². The fourth-order valence-corrected chi connectivity index (χ4v) is 1.39. The summed E-state index contributed by atoms with van der Waals surface area (Å²) >= 11 is 0. The second-order valence-corrected chi connectivity index (χ2v) is 3.41. The minimum absolute atomic E-state index is 0.380. The van der Waals surface area contributed by atoms with Crippen LogP contribution in [0.1, 0.15) is 11.1 Å². The average molecular weight is 246 g/mol. The van der Waals surface area contributed by atoms with Gasteiger partial charge in [0.25, 0.3) is 0 Å². The first-order valence-corrected chi connectivity index (χ1v) is 5.23. The first-order valence-electron chi connectivity index (χ1n) is 5.23. The molecule has 0 bridgehead atoms. The molecule has 92 valence electrons. The minimum atomic E-state index is -0.561. The smallest absolute Gasteiger partial charge is 0.133 e. The zero-order chi connectivity index (χ0) is 13.4. The number of carbonyl (C=O) groups excluding carboxylic acids is 1. The van der Waals surface area contributed by atoms with Gasteiger partial charge in [0.05, 0.1) is 0 Å². The lowest BCUT2D eigenvalue weighted by Crippen LogP contribution is -1.83. The van der Waals surface area contributed by atoms with Crippen LogP contribution in [0.2, 0.25) is 0 Å². The van der Waals surface area contributed by atoms with Gasteiger partial charge >= 0.3 is 0 Å². The molecule has 0 amide bonds. The highest BCUT2D eigenvalue weighted by Gasteiger charge is 1.99. The van der Waals surface area contributed by atoms with Crippen molar-refractivity contribution < 1.29 is 13.6 Å². The molecule has 0 atom stereocenters. The first-order chi connectivity index (χ1) is 8.75. The molecular formula is C15H12F2O. The van der Waals surface area contributed by atoms with Crippen molar-refractivity contribution in [1.82, 2.24) is 0 Å². The van der Waals surface area contributed by atoms with E-state index in [1.807, 2.05) is 37.1 Å². The van der Waals surface area contributed by atoms with Crippen LogP contribution in [0.3, 0.4) is 0 Å². The van der Waals surface area contributed by atoms with Gasteiger partial charge in [0.1, 0.15) is 18.4 Å². The molecular weight excluding hydrogens is 234 g/mol. The summed E-state index contributed by atoms with van der Waals surface area (Å²) in [6.45, 7) is 2.00. The van der Waals surface area contributed by atoms with Crippen LogP contribution in [0.15, 0.2) is 48.5 Å². The number of benzene rings is 2. The standard InChI is InChI=1S/C14H10F2.CH2O/c15-13-9-8-12(14(16)10-13)7-6-11-4-2-1-3-5-11;1-2/h1-10H;1H2/b7-6+;.